The summed E-state index contributed by atoms with van der Waals surface area (Å²) in [5.41, 5.74) is 1.97. The van der Waals surface area contributed by atoms with Gasteiger partial charge in [-0.05, 0) is 24.3 Å². The summed E-state index contributed by atoms with van der Waals surface area (Å²) in [5.74, 6) is -0.173. The van der Waals surface area contributed by atoms with Crippen molar-refractivity contribution in [2.45, 2.75) is 0 Å². The summed E-state index contributed by atoms with van der Waals surface area (Å²) < 4.78 is 1.85. The topological polar surface area (TPSA) is 59.3 Å². The second kappa shape index (κ2) is 4.29. The minimum absolute atomic E-state index is 0.173. The molecule has 1 amide bonds. The van der Waals surface area contributed by atoms with Crippen LogP contribution in [-0.4, -0.2) is 20.3 Å². The lowest BCUT2D eigenvalue weighted by molar-refractivity contribution is 0.102. The van der Waals surface area contributed by atoms with E-state index in [-0.39, 0.29) is 5.91 Å². The van der Waals surface area contributed by atoms with Gasteiger partial charge in [0, 0.05) is 36.5 Å². The summed E-state index contributed by atoms with van der Waals surface area (Å²) in [6.45, 7) is 0. The molecule has 18 heavy (non-hydrogen) atoms. The van der Waals surface area contributed by atoms with Gasteiger partial charge in [-0.2, -0.15) is 0 Å². The zero-order valence-corrected chi connectivity index (χ0v) is 9.45. The van der Waals surface area contributed by atoms with Crippen LogP contribution in [0.3, 0.4) is 0 Å². The Morgan fingerprint density at radius 2 is 1.94 bits per heavy atom. The molecule has 0 fully saturated rings. The molecule has 0 bridgehead atoms. The zero-order valence-electron chi connectivity index (χ0n) is 9.45. The van der Waals surface area contributed by atoms with E-state index in [0.29, 0.717) is 11.3 Å². The first-order valence-electron chi connectivity index (χ1n) is 5.48. The van der Waals surface area contributed by atoms with Gasteiger partial charge >= 0.3 is 0 Å². The van der Waals surface area contributed by atoms with Crippen LogP contribution in [0.15, 0.2) is 55.2 Å². The molecule has 5 heteroatoms. The SMILES string of the molecule is O=C(Nc1cccn2ccnc12)c1ccncc1. The second-order valence-corrected chi connectivity index (χ2v) is 3.77. The fourth-order valence-corrected chi connectivity index (χ4v) is 1.74. The third kappa shape index (κ3) is 1.82. The Bertz CT molecular complexity index is 690. The minimum atomic E-state index is -0.173. The molecule has 5 nitrogen and oxygen atoms in total. The van der Waals surface area contributed by atoms with Gasteiger partial charge in [-0.15, -0.1) is 0 Å². The van der Waals surface area contributed by atoms with Gasteiger partial charge in [0.2, 0.25) is 0 Å². The highest BCUT2D eigenvalue weighted by molar-refractivity contribution is 6.05. The standard InChI is InChI=1S/C13H10N4O/c18-13(10-3-5-14-6-4-10)16-11-2-1-8-17-9-7-15-12(11)17/h1-9H,(H,16,18). The number of fused-ring (bicyclic) bond motifs is 1. The number of carbonyl (C=O) groups is 1. The van der Waals surface area contributed by atoms with Gasteiger partial charge in [-0.3, -0.25) is 9.78 Å². The number of rotatable bonds is 2. The molecule has 0 aliphatic heterocycles. The highest BCUT2D eigenvalue weighted by Gasteiger charge is 2.08. The monoisotopic (exact) mass is 238 g/mol. The molecule has 3 aromatic heterocycles. The van der Waals surface area contributed by atoms with Crippen molar-refractivity contribution >= 4 is 17.2 Å². The number of pyridine rings is 2. The van der Waals surface area contributed by atoms with E-state index in [1.807, 2.05) is 28.9 Å². The molecule has 3 rings (SSSR count). The second-order valence-electron chi connectivity index (χ2n) is 3.77. The van der Waals surface area contributed by atoms with Crippen LogP contribution in [0, 0.1) is 0 Å². The molecule has 0 saturated carbocycles. The van der Waals surface area contributed by atoms with Gasteiger partial charge in [-0.25, -0.2) is 4.98 Å². The van der Waals surface area contributed by atoms with Crippen molar-refractivity contribution in [1.82, 2.24) is 14.4 Å². The number of hydrogen-bond acceptors (Lipinski definition) is 3. The maximum absolute atomic E-state index is 12.0. The fraction of sp³-hybridized carbons (Fsp3) is 0. The molecular weight excluding hydrogens is 228 g/mol. The van der Waals surface area contributed by atoms with Gasteiger partial charge in [0.1, 0.15) is 0 Å². The molecular formula is C13H10N4O. The smallest absolute Gasteiger partial charge is 0.255 e. The minimum Gasteiger partial charge on any atom is -0.319 e. The van der Waals surface area contributed by atoms with Gasteiger partial charge < -0.3 is 9.72 Å². The number of hydrogen-bond donors (Lipinski definition) is 1. The first-order chi connectivity index (χ1) is 8.84. The van der Waals surface area contributed by atoms with E-state index in [2.05, 4.69) is 15.3 Å². The summed E-state index contributed by atoms with van der Waals surface area (Å²) in [7, 11) is 0. The molecule has 0 unspecified atom stereocenters. The maximum Gasteiger partial charge on any atom is 0.255 e. The number of nitrogens with one attached hydrogen (secondary N) is 1. The molecule has 0 atom stereocenters. The highest BCUT2D eigenvalue weighted by Crippen LogP contribution is 2.15. The van der Waals surface area contributed by atoms with Gasteiger partial charge in [0.25, 0.3) is 5.91 Å². The Hall–Kier alpha value is -2.69. The van der Waals surface area contributed by atoms with E-state index in [4.69, 9.17) is 0 Å². The molecule has 3 heterocycles. The van der Waals surface area contributed by atoms with Crippen LogP contribution < -0.4 is 5.32 Å². The quantitative estimate of drug-likeness (QED) is 0.742. The molecule has 0 aliphatic rings. The van der Waals surface area contributed by atoms with E-state index in [9.17, 15) is 4.79 Å². The Labute approximate surface area is 103 Å². The average Bonchev–Trinajstić information content (AvgIpc) is 2.89. The summed E-state index contributed by atoms with van der Waals surface area (Å²) in [4.78, 5) is 20.1. The summed E-state index contributed by atoms with van der Waals surface area (Å²) in [6.07, 6.45) is 8.58. The van der Waals surface area contributed by atoms with E-state index >= 15 is 0 Å². The Balaban J connectivity index is 1.93. The maximum atomic E-state index is 12.0. The predicted octanol–water partition coefficient (Wildman–Crippen LogP) is 1.98. The predicted molar refractivity (Wildman–Crippen MR) is 67.4 cm³/mol. The van der Waals surface area contributed by atoms with Crippen molar-refractivity contribution < 1.29 is 4.79 Å². The Morgan fingerprint density at radius 3 is 2.78 bits per heavy atom. The summed E-state index contributed by atoms with van der Waals surface area (Å²) in [6, 6.07) is 7.01. The number of carbonyl (C=O) groups excluding carboxylic acids is 1. The third-order valence-corrected chi connectivity index (χ3v) is 2.61. The third-order valence-electron chi connectivity index (χ3n) is 2.61. The van der Waals surface area contributed by atoms with Crippen molar-refractivity contribution in [1.29, 1.82) is 0 Å². The zero-order chi connectivity index (χ0) is 12.4. The van der Waals surface area contributed by atoms with Crippen molar-refractivity contribution in [2.75, 3.05) is 5.32 Å². The number of imidazole rings is 1. The van der Waals surface area contributed by atoms with E-state index in [0.717, 1.165) is 5.65 Å². The van der Waals surface area contributed by atoms with Crippen LogP contribution in [0.5, 0.6) is 0 Å². The molecule has 1 N–H and O–H groups in total. The number of aromatic nitrogens is 3. The van der Waals surface area contributed by atoms with E-state index in [1.54, 1.807) is 30.7 Å². The van der Waals surface area contributed by atoms with Gasteiger partial charge in [-0.1, -0.05) is 0 Å². The van der Waals surface area contributed by atoms with Crippen LogP contribution in [0.2, 0.25) is 0 Å². The lowest BCUT2D eigenvalue weighted by atomic mass is 10.2. The van der Waals surface area contributed by atoms with Crippen LogP contribution >= 0.6 is 0 Å². The fourth-order valence-electron chi connectivity index (χ4n) is 1.74. The Kier molecular flexibility index (Phi) is 2.49. The highest BCUT2D eigenvalue weighted by atomic mass is 16.1. The van der Waals surface area contributed by atoms with Crippen LogP contribution in [0.25, 0.3) is 5.65 Å². The lowest BCUT2D eigenvalue weighted by Crippen LogP contribution is -2.12. The van der Waals surface area contributed by atoms with Crippen molar-refractivity contribution in [3.63, 3.8) is 0 Å². The molecule has 0 radical (unpaired) electrons. The molecule has 0 saturated heterocycles. The van der Waals surface area contributed by atoms with E-state index < -0.39 is 0 Å². The first kappa shape index (κ1) is 10.5. The number of anilines is 1. The normalized spacial score (nSPS) is 10.4. The van der Waals surface area contributed by atoms with Crippen molar-refractivity contribution in [3.05, 3.63) is 60.8 Å². The molecule has 0 spiro atoms. The Morgan fingerprint density at radius 1 is 1.11 bits per heavy atom. The van der Waals surface area contributed by atoms with Gasteiger partial charge in [0.05, 0.1) is 5.69 Å². The first-order valence-corrected chi connectivity index (χ1v) is 5.48. The van der Waals surface area contributed by atoms with Crippen LogP contribution in [0.4, 0.5) is 5.69 Å². The number of nitrogens with zero attached hydrogens (tertiary/aromatic N) is 3. The molecule has 88 valence electrons. The molecule has 0 aromatic carbocycles. The van der Waals surface area contributed by atoms with E-state index in [1.165, 1.54) is 0 Å². The van der Waals surface area contributed by atoms with Crippen molar-refractivity contribution in [2.24, 2.45) is 0 Å². The van der Waals surface area contributed by atoms with Crippen LogP contribution in [-0.2, 0) is 0 Å². The largest absolute Gasteiger partial charge is 0.319 e. The van der Waals surface area contributed by atoms with Gasteiger partial charge in [0.15, 0.2) is 5.65 Å². The lowest BCUT2D eigenvalue weighted by Gasteiger charge is -2.06. The molecule has 0 aliphatic carbocycles. The summed E-state index contributed by atoms with van der Waals surface area (Å²) >= 11 is 0. The van der Waals surface area contributed by atoms with Crippen LogP contribution in [0.1, 0.15) is 10.4 Å². The number of amides is 1. The summed E-state index contributed by atoms with van der Waals surface area (Å²) in [5, 5.41) is 2.84. The average molecular weight is 238 g/mol. The van der Waals surface area contributed by atoms with Crippen molar-refractivity contribution in [3.8, 4) is 0 Å². The molecule has 3 aromatic rings.